The van der Waals surface area contributed by atoms with Crippen LogP contribution >= 0.6 is 0 Å². The molecular formula is C14H17N3O2. The molecule has 100 valence electrons. The minimum absolute atomic E-state index is 0.362. The van der Waals surface area contributed by atoms with Gasteiger partial charge in [0.1, 0.15) is 0 Å². The van der Waals surface area contributed by atoms with Gasteiger partial charge < -0.3 is 15.0 Å². The van der Waals surface area contributed by atoms with Crippen LogP contribution in [-0.2, 0) is 11.3 Å². The second-order valence-corrected chi connectivity index (χ2v) is 4.69. The van der Waals surface area contributed by atoms with Gasteiger partial charge in [0.15, 0.2) is 0 Å². The second-order valence-electron chi connectivity index (χ2n) is 4.69. The number of nitrogen functional groups attached to an aromatic ring is 1. The molecule has 1 aliphatic heterocycles. The molecule has 1 aliphatic rings. The number of ether oxygens (including phenoxy) is 1. The van der Waals surface area contributed by atoms with Crippen LogP contribution in [0.2, 0.25) is 0 Å². The molecule has 5 heteroatoms. The van der Waals surface area contributed by atoms with Crippen LogP contribution in [0.4, 0.5) is 5.88 Å². The molecule has 0 aliphatic carbocycles. The molecule has 19 heavy (non-hydrogen) atoms. The Bertz CT molecular complexity index is 530. The lowest BCUT2D eigenvalue weighted by Crippen LogP contribution is -2.35. The third-order valence-corrected chi connectivity index (χ3v) is 3.37. The van der Waals surface area contributed by atoms with E-state index in [-0.39, 0.29) is 0 Å². The molecule has 2 heterocycles. The molecule has 0 radical (unpaired) electrons. The molecule has 0 atom stereocenters. The molecule has 5 nitrogen and oxygen atoms in total. The molecule has 0 unspecified atom stereocenters. The van der Waals surface area contributed by atoms with Crippen LogP contribution < -0.4 is 5.73 Å². The van der Waals surface area contributed by atoms with Crippen LogP contribution in [0.25, 0.3) is 11.1 Å². The largest absolute Gasteiger partial charge is 0.379 e. The van der Waals surface area contributed by atoms with Crippen molar-refractivity contribution in [3.05, 3.63) is 36.0 Å². The van der Waals surface area contributed by atoms with Crippen LogP contribution in [0.1, 0.15) is 5.56 Å². The fourth-order valence-corrected chi connectivity index (χ4v) is 2.27. The summed E-state index contributed by atoms with van der Waals surface area (Å²) in [5.74, 6) is 0.362. The van der Waals surface area contributed by atoms with Crippen molar-refractivity contribution in [3.8, 4) is 11.1 Å². The van der Waals surface area contributed by atoms with Crippen LogP contribution in [0.3, 0.4) is 0 Å². The van der Waals surface area contributed by atoms with Gasteiger partial charge in [0, 0.05) is 19.6 Å². The molecule has 3 rings (SSSR count). The topological polar surface area (TPSA) is 64.5 Å². The Balaban J connectivity index is 1.70. The van der Waals surface area contributed by atoms with E-state index in [4.69, 9.17) is 15.0 Å². The van der Waals surface area contributed by atoms with Crippen molar-refractivity contribution in [1.82, 2.24) is 10.1 Å². The number of morpholine rings is 1. The lowest BCUT2D eigenvalue weighted by atomic mass is 10.1. The van der Waals surface area contributed by atoms with E-state index >= 15 is 0 Å². The fourth-order valence-electron chi connectivity index (χ4n) is 2.27. The van der Waals surface area contributed by atoms with Crippen molar-refractivity contribution < 1.29 is 9.26 Å². The molecule has 1 saturated heterocycles. The standard InChI is InChI=1S/C14H17N3O2/c15-14-13(9-16-19-14)12-3-1-11(2-4-12)10-17-5-7-18-8-6-17/h1-4,9H,5-8,10,15H2. The van der Waals surface area contributed by atoms with Gasteiger partial charge in [0.05, 0.1) is 25.0 Å². The van der Waals surface area contributed by atoms with E-state index in [2.05, 4.69) is 34.3 Å². The summed E-state index contributed by atoms with van der Waals surface area (Å²) in [6.07, 6.45) is 1.65. The summed E-state index contributed by atoms with van der Waals surface area (Å²) in [6.45, 7) is 4.62. The summed E-state index contributed by atoms with van der Waals surface area (Å²) in [6, 6.07) is 8.35. The molecule has 2 N–H and O–H groups in total. The highest BCUT2D eigenvalue weighted by atomic mass is 16.5. The van der Waals surface area contributed by atoms with E-state index in [1.54, 1.807) is 6.20 Å². The fraction of sp³-hybridized carbons (Fsp3) is 0.357. The predicted octanol–water partition coefficient (Wildman–Crippen LogP) is 1.76. The Hall–Kier alpha value is -1.85. The maximum atomic E-state index is 5.71. The van der Waals surface area contributed by atoms with Crippen molar-refractivity contribution in [3.63, 3.8) is 0 Å². The van der Waals surface area contributed by atoms with Crippen LogP contribution in [0, 0.1) is 0 Å². The Morgan fingerprint density at radius 1 is 1.16 bits per heavy atom. The summed E-state index contributed by atoms with van der Waals surface area (Å²) in [5.41, 5.74) is 8.88. The van der Waals surface area contributed by atoms with Gasteiger partial charge in [0.2, 0.25) is 5.88 Å². The van der Waals surface area contributed by atoms with E-state index in [9.17, 15) is 0 Å². The molecule has 0 saturated carbocycles. The number of nitrogens with zero attached hydrogens (tertiary/aromatic N) is 2. The molecule has 0 amide bonds. The van der Waals surface area contributed by atoms with Crippen molar-refractivity contribution in [2.75, 3.05) is 32.0 Å². The molecule has 1 fully saturated rings. The number of nitrogens with two attached hydrogens (primary N) is 1. The third-order valence-electron chi connectivity index (χ3n) is 3.37. The highest BCUT2D eigenvalue weighted by Gasteiger charge is 2.11. The van der Waals surface area contributed by atoms with Gasteiger partial charge in [-0.1, -0.05) is 29.4 Å². The molecule has 0 spiro atoms. The maximum absolute atomic E-state index is 5.71. The lowest BCUT2D eigenvalue weighted by Gasteiger charge is -2.26. The monoisotopic (exact) mass is 259 g/mol. The Morgan fingerprint density at radius 2 is 1.89 bits per heavy atom. The average Bonchev–Trinajstić information content (AvgIpc) is 2.87. The van der Waals surface area contributed by atoms with Gasteiger partial charge in [-0.05, 0) is 11.1 Å². The van der Waals surface area contributed by atoms with E-state index in [1.807, 2.05) is 0 Å². The zero-order valence-corrected chi connectivity index (χ0v) is 10.7. The molecular weight excluding hydrogens is 242 g/mol. The summed E-state index contributed by atoms with van der Waals surface area (Å²) in [4.78, 5) is 2.40. The second kappa shape index (κ2) is 5.42. The van der Waals surface area contributed by atoms with E-state index in [1.165, 1.54) is 5.56 Å². The van der Waals surface area contributed by atoms with Crippen molar-refractivity contribution in [2.24, 2.45) is 0 Å². The summed E-state index contributed by atoms with van der Waals surface area (Å²) >= 11 is 0. The number of hydrogen-bond acceptors (Lipinski definition) is 5. The molecule has 2 aromatic rings. The smallest absolute Gasteiger partial charge is 0.229 e. The summed E-state index contributed by atoms with van der Waals surface area (Å²) in [5, 5.41) is 3.69. The van der Waals surface area contributed by atoms with Crippen LogP contribution in [-0.4, -0.2) is 36.4 Å². The van der Waals surface area contributed by atoms with Gasteiger partial charge in [-0.3, -0.25) is 4.90 Å². The van der Waals surface area contributed by atoms with Crippen LogP contribution in [0.5, 0.6) is 0 Å². The Labute approximate surface area is 111 Å². The molecule has 1 aromatic carbocycles. The van der Waals surface area contributed by atoms with Gasteiger partial charge in [0.25, 0.3) is 0 Å². The first kappa shape index (κ1) is 12.2. The summed E-state index contributed by atoms with van der Waals surface area (Å²) in [7, 11) is 0. The number of anilines is 1. The molecule has 1 aromatic heterocycles. The van der Waals surface area contributed by atoms with Gasteiger partial charge in [-0.25, -0.2) is 0 Å². The normalized spacial score (nSPS) is 16.6. The maximum Gasteiger partial charge on any atom is 0.229 e. The first-order chi connectivity index (χ1) is 9.33. The SMILES string of the molecule is Nc1oncc1-c1ccc(CN2CCOCC2)cc1. The van der Waals surface area contributed by atoms with E-state index in [0.29, 0.717) is 5.88 Å². The number of rotatable bonds is 3. The highest BCUT2D eigenvalue weighted by Crippen LogP contribution is 2.25. The number of aromatic nitrogens is 1. The minimum Gasteiger partial charge on any atom is -0.379 e. The van der Waals surface area contributed by atoms with Crippen molar-refractivity contribution in [1.29, 1.82) is 0 Å². The first-order valence-corrected chi connectivity index (χ1v) is 6.42. The van der Waals surface area contributed by atoms with Crippen molar-refractivity contribution >= 4 is 5.88 Å². The Morgan fingerprint density at radius 3 is 2.53 bits per heavy atom. The molecule has 0 bridgehead atoms. The quantitative estimate of drug-likeness (QED) is 0.909. The van der Waals surface area contributed by atoms with E-state index < -0.39 is 0 Å². The van der Waals surface area contributed by atoms with Gasteiger partial charge >= 0.3 is 0 Å². The average molecular weight is 259 g/mol. The van der Waals surface area contributed by atoms with Crippen molar-refractivity contribution in [2.45, 2.75) is 6.54 Å². The lowest BCUT2D eigenvalue weighted by molar-refractivity contribution is 0.0342. The van der Waals surface area contributed by atoms with Gasteiger partial charge in [-0.2, -0.15) is 0 Å². The zero-order chi connectivity index (χ0) is 13.1. The summed E-state index contributed by atoms with van der Waals surface area (Å²) < 4.78 is 10.2. The van der Waals surface area contributed by atoms with E-state index in [0.717, 1.165) is 44.0 Å². The highest BCUT2D eigenvalue weighted by molar-refractivity contribution is 5.71. The first-order valence-electron chi connectivity index (χ1n) is 6.42. The zero-order valence-electron chi connectivity index (χ0n) is 10.7. The number of hydrogen-bond donors (Lipinski definition) is 1. The minimum atomic E-state index is 0.362. The third kappa shape index (κ3) is 2.77. The predicted molar refractivity (Wildman–Crippen MR) is 72.4 cm³/mol. The van der Waals surface area contributed by atoms with Gasteiger partial charge in [-0.15, -0.1) is 0 Å². The Kier molecular flexibility index (Phi) is 3.48. The van der Waals surface area contributed by atoms with Crippen LogP contribution in [0.15, 0.2) is 35.0 Å². The number of benzene rings is 1.